The lowest BCUT2D eigenvalue weighted by Gasteiger charge is -2.35. The zero-order chi connectivity index (χ0) is 31.0. The molecule has 1 aliphatic heterocycles. The number of nitrogens with one attached hydrogen (secondary N) is 2. The Morgan fingerprint density at radius 3 is 2.27 bits per heavy atom. The maximum absolute atomic E-state index is 13.6. The molecule has 0 aromatic heterocycles. The summed E-state index contributed by atoms with van der Waals surface area (Å²) < 4.78 is 142. The van der Waals surface area contributed by atoms with Crippen molar-refractivity contribution in [1.82, 2.24) is 4.72 Å². The first-order valence-electron chi connectivity index (χ1n) is 11.6. The molecule has 0 fully saturated rings. The predicted molar refractivity (Wildman–Crippen MR) is 135 cm³/mol. The van der Waals surface area contributed by atoms with Gasteiger partial charge in [-0.2, -0.15) is 26.3 Å². The van der Waals surface area contributed by atoms with Crippen molar-refractivity contribution in [1.29, 1.82) is 0 Å². The number of carbonyl (C=O) groups is 1. The summed E-state index contributed by atoms with van der Waals surface area (Å²) in [6, 6.07) is 6.28. The summed E-state index contributed by atoms with van der Waals surface area (Å²) in [5, 5.41) is 2.37. The van der Waals surface area contributed by atoms with Gasteiger partial charge in [-0.1, -0.05) is 6.07 Å². The van der Waals surface area contributed by atoms with Crippen LogP contribution < -0.4 is 19.1 Å². The summed E-state index contributed by atoms with van der Waals surface area (Å²) in [6.07, 6.45) is -12.2. The summed E-state index contributed by atoms with van der Waals surface area (Å²) in [5.41, 5.74) is -2.46. The highest BCUT2D eigenvalue weighted by Gasteiger charge is 2.39. The van der Waals surface area contributed by atoms with Gasteiger partial charge in [-0.15, -0.1) is 0 Å². The number of benzene rings is 2. The molecule has 41 heavy (non-hydrogen) atoms. The van der Waals surface area contributed by atoms with E-state index in [-0.39, 0.29) is 17.1 Å². The van der Waals surface area contributed by atoms with Crippen LogP contribution in [0, 0.1) is 0 Å². The van der Waals surface area contributed by atoms with Gasteiger partial charge in [0.05, 0.1) is 22.7 Å². The Hall–Kier alpha value is -3.25. The fraction of sp³-hybridized carbons (Fsp3) is 0.435. The van der Waals surface area contributed by atoms with Crippen molar-refractivity contribution in [3.63, 3.8) is 0 Å². The van der Waals surface area contributed by atoms with Crippen LogP contribution in [-0.2, 0) is 31.0 Å². The van der Waals surface area contributed by atoms with Gasteiger partial charge in [0.15, 0.2) is 0 Å². The smallest absolute Gasteiger partial charge is 0.416 e. The van der Waals surface area contributed by atoms with Crippen molar-refractivity contribution in [3.05, 3.63) is 48.0 Å². The number of sulfonamides is 2. The molecule has 0 saturated heterocycles. The molecule has 1 aliphatic rings. The van der Waals surface area contributed by atoms with Gasteiger partial charge in [-0.3, -0.25) is 9.62 Å². The molecule has 228 valence electrons. The molecule has 1 amide bonds. The Kier molecular flexibility index (Phi) is 8.82. The number of ether oxygens (including phenoxy) is 2. The number of halogens is 6. The number of hydrogen-bond acceptors (Lipinski definition) is 7. The minimum atomic E-state index is -4.89. The van der Waals surface area contributed by atoms with E-state index in [1.807, 2.05) is 0 Å². The van der Waals surface area contributed by atoms with Crippen LogP contribution in [0.25, 0.3) is 0 Å². The second-order valence-corrected chi connectivity index (χ2v) is 13.5. The molecule has 0 spiro atoms. The number of alkyl halides is 6. The van der Waals surface area contributed by atoms with Gasteiger partial charge in [-0.05, 0) is 57.2 Å². The van der Waals surface area contributed by atoms with E-state index >= 15 is 0 Å². The first-order valence-corrected chi connectivity index (χ1v) is 14.7. The summed E-state index contributed by atoms with van der Waals surface area (Å²) in [7, 11) is -9.50. The molecular weight excluding hydrogens is 608 g/mol. The summed E-state index contributed by atoms with van der Waals surface area (Å²) >= 11 is 0. The molecular formula is C23H25F6N3O7S2. The van der Waals surface area contributed by atoms with Crippen molar-refractivity contribution in [2.24, 2.45) is 0 Å². The second-order valence-electron chi connectivity index (χ2n) is 9.83. The molecule has 0 saturated carbocycles. The zero-order valence-electron chi connectivity index (χ0n) is 21.6. The molecule has 18 heteroatoms. The highest BCUT2D eigenvalue weighted by molar-refractivity contribution is 7.93. The lowest BCUT2D eigenvalue weighted by Crippen LogP contribution is -2.48. The third kappa shape index (κ3) is 8.87. The molecule has 0 aliphatic carbocycles. The Morgan fingerprint density at radius 2 is 1.68 bits per heavy atom. The largest absolute Gasteiger partial charge is 0.485 e. The molecule has 0 bridgehead atoms. The molecule has 1 atom stereocenters. The van der Waals surface area contributed by atoms with E-state index in [1.165, 1.54) is 10.8 Å². The highest BCUT2D eigenvalue weighted by Crippen LogP contribution is 2.40. The van der Waals surface area contributed by atoms with Crippen LogP contribution in [0.2, 0.25) is 0 Å². The predicted octanol–water partition coefficient (Wildman–Crippen LogP) is 4.49. The van der Waals surface area contributed by atoms with Crippen LogP contribution in [-0.4, -0.2) is 59.7 Å². The average molecular weight is 634 g/mol. The van der Waals surface area contributed by atoms with Gasteiger partial charge >= 0.3 is 18.4 Å². The molecule has 2 N–H and O–H groups in total. The van der Waals surface area contributed by atoms with E-state index in [4.69, 9.17) is 9.47 Å². The maximum Gasteiger partial charge on any atom is 0.416 e. The Bertz CT molecular complexity index is 1500. The fourth-order valence-electron chi connectivity index (χ4n) is 3.58. The van der Waals surface area contributed by atoms with Crippen LogP contribution in [0.4, 0.5) is 42.5 Å². The minimum Gasteiger partial charge on any atom is -0.485 e. The third-order valence-electron chi connectivity index (χ3n) is 5.18. The van der Waals surface area contributed by atoms with E-state index in [2.05, 4.69) is 5.32 Å². The normalized spacial score (nSPS) is 16.5. The Morgan fingerprint density at radius 1 is 1.02 bits per heavy atom. The lowest BCUT2D eigenvalue weighted by molar-refractivity contribution is -0.137. The summed E-state index contributed by atoms with van der Waals surface area (Å²) in [4.78, 5) is 11.4. The van der Waals surface area contributed by atoms with Gasteiger partial charge in [-0.25, -0.2) is 26.4 Å². The Balaban J connectivity index is 2.03. The summed E-state index contributed by atoms with van der Waals surface area (Å²) in [5.74, 6) is -1.38. The third-order valence-corrected chi connectivity index (χ3v) is 8.35. The first-order chi connectivity index (χ1) is 18.6. The van der Waals surface area contributed by atoms with Gasteiger partial charge in [0.25, 0.3) is 10.0 Å². The van der Waals surface area contributed by atoms with Crippen LogP contribution in [0.5, 0.6) is 5.75 Å². The quantitative estimate of drug-likeness (QED) is 0.430. The van der Waals surface area contributed by atoms with Crippen LogP contribution in [0.1, 0.15) is 26.3 Å². The van der Waals surface area contributed by atoms with Crippen molar-refractivity contribution >= 4 is 37.5 Å². The van der Waals surface area contributed by atoms with Gasteiger partial charge in [0, 0.05) is 5.69 Å². The number of rotatable bonds is 7. The molecule has 0 radical (unpaired) electrons. The zero-order valence-corrected chi connectivity index (χ0v) is 23.3. The van der Waals surface area contributed by atoms with Gasteiger partial charge < -0.3 is 9.47 Å². The first kappa shape index (κ1) is 32.3. The topological polar surface area (TPSA) is 131 Å². The van der Waals surface area contributed by atoms with Crippen molar-refractivity contribution in [3.8, 4) is 5.75 Å². The number of nitrogens with zero attached hydrogens (tertiary/aromatic N) is 1. The molecule has 2 aromatic rings. The SMILES string of the molecule is CC(C)(C)OC(=O)Nc1ccc2c(c1)N(S(=O)(=O)c1cccc(C(F)(F)F)c1)CC(CS(=O)(=O)NCC(F)(F)F)O2. The standard InChI is InChI=1S/C23H25F6N3O7S2/c1-21(2,3)39-20(33)31-15-7-8-19-18(10-15)32(11-16(38-19)12-40(34,35)30-13-22(24,25)26)41(36,37)17-6-4-5-14(9-17)23(27,28)29/h4-10,16,30H,11-13H2,1-3H3,(H,31,33). The second kappa shape index (κ2) is 11.2. The highest BCUT2D eigenvalue weighted by atomic mass is 32.2. The maximum atomic E-state index is 13.6. The number of anilines is 2. The van der Waals surface area contributed by atoms with E-state index < -0.39 is 79.5 Å². The molecule has 10 nitrogen and oxygen atoms in total. The van der Waals surface area contributed by atoms with Crippen molar-refractivity contribution in [2.75, 3.05) is 28.5 Å². The van der Waals surface area contributed by atoms with Gasteiger partial charge in [0.1, 0.15) is 29.8 Å². The van der Waals surface area contributed by atoms with E-state index in [9.17, 15) is 48.0 Å². The molecule has 2 aromatic carbocycles. The molecule has 1 unspecified atom stereocenters. The van der Waals surface area contributed by atoms with Gasteiger partial charge in [0.2, 0.25) is 10.0 Å². The van der Waals surface area contributed by atoms with Crippen molar-refractivity contribution in [2.45, 2.75) is 49.7 Å². The summed E-state index contributed by atoms with van der Waals surface area (Å²) in [6.45, 7) is 2.08. The Labute approximate surface area is 231 Å². The van der Waals surface area contributed by atoms with Crippen molar-refractivity contribution < 1.29 is 57.4 Å². The number of fused-ring (bicyclic) bond motifs is 1. The van der Waals surface area contributed by atoms with E-state index in [1.54, 1.807) is 20.8 Å². The molecule has 3 rings (SSSR count). The number of hydrogen-bond donors (Lipinski definition) is 2. The van der Waals surface area contributed by atoms with E-state index in [0.29, 0.717) is 16.4 Å². The number of amides is 1. The van der Waals surface area contributed by atoms with Crippen LogP contribution >= 0.6 is 0 Å². The van der Waals surface area contributed by atoms with E-state index in [0.717, 1.165) is 24.3 Å². The van der Waals surface area contributed by atoms with Crippen LogP contribution in [0.3, 0.4) is 0 Å². The minimum absolute atomic E-state index is 0.0104. The van der Waals surface area contributed by atoms with Crippen LogP contribution in [0.15, 0.2) is 47.4 Å². The number of carbonyl (C=O) groups excluding carboxylic acids is 1. The molecule has 1 heterocycles. The lowest BCUT2D eigenvalue weighted by atomic mass is 10.2. The fourth-order valence-corrected chi connectivity index (χ4v) is 6.29. The monoisotopic (exact) mass is 633 g/mol. The average Bonchev–Trinajstić information content (AvgIpc) is 2.80.